The Hall–Kier alpha value is -5.85. The van der Waals surface area contributed by atoms with Gasteiger partial charge in [-0.25, -0.2) is 24.2 Å². The Balaban J connectivity index is 0.000000253. The quantitative estimate of drug-likeness (QED) is 0.118. The largest absolute Gasteiger partial charge is 4.00 e. The fourth-order valence-electron chi connectivity index (χ4n) is 5.97. The van der Waals surface area contributed by atoms with Gasteiger partial charge >= 0.3 is 21.1 Å². The van der Waals surface area contributed by atoms with E-state index in [9.17, 15) is 0 Å². The van der Waals surface area contributed by atoms with Crippen LogP contribution in [-0.2, 0) is 42.1 Å². The molecule has 0 N–H and O–H groups in total. The maximum atomic E-state index is 7.34. The van der Waals surface area contributed by atoms with Crippen LogP contribution in [0.1, 0.15) is 0 Å². The number of rotatable bonds is 7. The molecule has 0 amide bonds. The van der Waals surface area contributed by atoms with E-state index in [1.807, 2.05) is 157 Å². The zero-order chi connectivity index (χ0) is 36.0. The molecule has 0 saturated carbocycles. The van der Waals surface area contributed by atoms with Crippen LogP contribution in [0.5, 0.6) is 23.0 Å². The van der Waals surface area contributed by atoms with Crippen molar-refractivity contribution in [3.63, 3.8) is 0 Å². The molecule has 1 aliphatic rings. The first-order valence-corrected chi connectivity index (χ1v) is 16.8. The maximum absolute atomic E-state index is 7.34. The summed E-state index contributed by atoms with van der Waals surface area (Å²) in [6.07, 6.45) is 12.9. The van der Waals surface area contributed by atoms with E-state index in [4.69, 9.17) is 15.9 Å². The molecule has 8 heteroatoms. The number of benzene rings is 6. The Bertz CT molecular complexity index is 2560. The van der Waals surface area contributed by atoms with Gasteiger partial charge in [-0.2, -0.15) is 43.1 Å². The average Bonchev–Trinajstić information content (AvgIpc) is 3.80. The second-order valence-electron chi connectivity index (χ2n) is 12.0. The molecule has 9 rings (SSSR count). The Labute approximate surface area is 350 Å². The molecule has 0 unspecified atom stereocenters. The van der Waals surface area contributed by atoms with E-state index >= 15 is 0 Å². The van der Waals surface area contributed by atoms with Crippen molar-refractivity contribution in [2.24, 2.45) is 0 Å². The summed E-state index contributed by atoms with van der Waals surface area (Å²) in [5.41, 5.74) is 6.20. The van der Waals surface area contributed by atoms with Crippen LogP contribution in [0, 0.1) is 49.5 Å². The third-order valence-electron chi connectivity index (χ3n) is 8.42. The van der Waals surface area contributed by atoms with Crippen molar-refractivity contribution in [2.45, 2.75) is 0 Å². The topological polar surface area (TPSA) is 42.8 Å². The molecule has 55 heavy (non-hydrogen) atoms. The Morgan fingerprint density at radius 2 is 1.24 bits per heavy atom. The molecule has 0 radical (unpaired) electrons. The van der Waals surface area contributed by atoms with Gasteiger partial charge in [0.15, 0.2) is 0 Å². The average molecular weight is 1070 g/mol. The number of nitrogens with zero attached hydrogens (tertiary/aromatic N) is 4. The molecular formula is C47H29N4O2Pt2-3. The summed E-state index contributed by atoms with van der Waals surface area (Å²) in [6, 6.07) is 61.6. The zero-order valence-corrected chi connectivity index (χ0v) is 33.8. The van der Waals surface area contributed by atoms with Gasteiger partial charge in [0.05, 0.1) is 11.0 Å². The van der Waals surface area contributed by atoms with Crippen LogP contribution in [-0.4, -0.2) is 21.5 Å². The van der Waals surface area contributed by atoms with Gasteiger partial charge in [0.2, 0.25) is 0 Å². The molecule has 0 bridgehead atoms. The first-order chi connectivity index (χ1) is 26.1. The normalized spacial score (nSPS) is 11.6. The Morgan fingerprint density at radius 1 is 0.636 bits per heavy atom. The third-order valence-corrected chi connectivity index (χ3v) is 8.42. The van der Waals surface area contributed by atoms with Gasteiger partial charge in [-0.15, -0.1) is 65.8 Å². The third kappa shape index (κ3) is 8.93. The number of aromatic nitrogens is 2. The number of hydrogen-bond donors (Lipinski definition) is 0. The van der Waals surface area contributed by atoms with E-state index < -0.39 is 0 Å². The number of hydrogen-bond acceptors (Lipinski definition) is 5. The second kappa shape index (κ2) is 18.0. The smallest absolute Gasteiger partial charge is 0.669 e. The number of anilines is 1. The minimum absolute atomic E-state index is 0. The molecule has 0 aliphatic carbocycles. The monoisotopic (exact) mass is 1070 g/mol. The van der Waals surface area contributed by atoms with Crippen LogP contribution < -0.4 is 14.4 Å². The van der Waals surface area contributed by atoms with E-state index in [-0.39, 0.29) is 42.1 Å². The molecule has 1 aliphatic heterocycles. The molecule has 0 spiro atoms. The van der Waals surface area contributed by atoms with Crippen LogP contribution in [0.25, 0.3) is 44.2 Å². The molecule has 6 nitrogen and oxygen atoms in total. The Kier molecular flexibility index (Phi) is 12.7. The van der Waals surface area contributed by atoms with Gasteiger partial charge in [0, 0.05) is 54.8 Å². The van der Waals surface area contributed by atoms with E-state index in [0.717, 1.165) is 39.1 Å². The van der Waals surface area contributed by atoms with Gasteiger partial charge in [0.1, 0.15) is 0 Å². The summed E-state index contributed by atoms with van der Waals surface area (Å²) in [7, 11) is 1.98. The standard InChI is InChI=1S/C33H21N3O2.C14H8N.2Pt/c1-35-18-19-36(24-35)28-10-7-15-32(23-28)38-31-14-6-9-27(21-31)33-22-26(16-17-34-33)25-8-5-13-30(20-25)37-29-11-3-2-4-12-29;1-2-15-13-9-5-3-7-11(13)12-8-4-6-10-14(12)15;;/h2-11,13-15,17-19,22,24H,1H3;3-10H;;/q-6;-1;;+4. The summed E-state index contributed by atoms with van der Waals surface area (Å²) < 4.78 is 13.8. The van der Waals surface area contributed by atoms with Crippen molar-refractivity contribution in [2.75, 3.05) is 11.9 Å². The summed E-state index contributed by atoms with van der Waals surface area (Å²) in [5.74, 6) is 2.42. The Morgan fingerprint density at radius 3 is 1.89 bits per heavy atom. The molecule has 8 aromatic rings. The molecule has 6 aromatic carbocycles. The minimum atomic E-state index is 0. The summed E-state index contributed by atoms with van der Waals surface area (Å²) in [4.78, 5) is 8.48. The maximum Gasteiger partial charge on any atom is 4.00 e. The van der Waals surface area contributed by atoms with Crippen molar-refractivity contribution in [3.8, 4) is 51.4 Å². The SMILES string of the molecule is CN1C=CN(c2[c-]c(Oc3[c-]c(-c4cc(-c5[c-]c(Oc6[c-]cccc6)ccc5)[c-]cn4)ccc3)ccc2)[CH-]1.[C-]#Cn1c2ccccc2c2ccccc21.[Pt+4].[Pt]. The molecule has 0 fully saturated rings. The fraction of sp³-hybridized carbons (Fsp3) is 0.0213. The van der Waals surface area contributed by atoms with Crippen LogP contribution in [0.4, 0.5) is 5.69 Å². The van der Waals surface area contributed by atoms with Crippen molar-refractivity contribution in [3.05, 3.63) is 195 Å². The predicted octanol–water partition coefficient (Wildman–Crippen LogP) is 10.5. The minimum Gasteiger partial charge on any atom is -0.669 e. The van der Waals surface area contributed by atoms with E-state index in [1.165, 1.54) is 10.8 Å². The number of ether oxygens (including phenoxy) is 2. The van der Waals surface area contributed by atoms with Gasteiger partial charge in [-0.05, 0) is 31.6 Å². The van der Waals surface area contributed by atoms with E-state index in [2.05, 4.69) is 53.5 Å². The van der Waals surface area contributed by atoms with Crippen LogP contribution in [0.15, 0.2) is 152 Å². The van der Waals surface area contributed by atoms with Crippen LogP contribution in [0.3, 0.4) is 0 Å². The van der Waals surface area contributed by atoms with Crippen LogP contribution >= 0.6 is 0 Å². The number of para-hydroxylation sites is 3. The van der Waals surface area contributed by atoms with Gasteiger partial charge in [-0.1, -0.05) is 54.4 Å². The first-order valence-electron chi connectivity index (χ1n) is 16.8. The van der Waals surface area contributed by atoms with Gasteiger partial charge in [-0.3, -0.25) is 11.1 Å². The zero-order valence-electron chi connectivity index (χ0n) is 29.2. The summed E-state index contributed by atoms with van der Waals surface area (Å²) in [5, 5.41) is 2.35. The van der Waals surface area contributed by atoms with Crippen molar-refractivity contribution < 1.29 is 51.6 Å². The van der Waals surface area contributed by atoms with Gasteiger partial charge in [0.25, 0.3) is 0 Å². The second-order valence-corrected chi connectivity index (χ2v) is 12.0. The van der Waals surface area contributed by atoms with E-state index in [1.54, 1.807) is 10.8 Å². The molecule has 2 aromatic heterocycles. The molecule has 0 atom stereocenters. The number of pyridine rings is 1. The van der Waals surface area contributed by atoms with Crippen molar-refractivity contribution in [1.29, 1.82) is 0 Å². The summed E-state index contributed by atoms with van der Waals surface area (Å²) in [6.45, 7) is 1.97. The van der Waals surface area contributed by atoms with Crippen LogP contribution in [0.2, 0.25) is 0 Å². The predicted molar refractivity (Wildman–Crippen MR) is 208 cm³/mol. The van der Waals surface area contributed by atoms with Crippen molar-refractivity contribution >= 4 is 27.5 Å². The summed E-state index contributed by atoms with van der Waals surface area (Å²) >= 11 is 0. The van der Waals surface area contributed by atoms with Crippen molar-refractivity contribution in [1.82, 2.24) is 14.5 Å². The molecule has 272 valence electrons. The van der Waals surface area contributed by atoms with Gasteiger partial charge < -0.3 is 35.2 Å². The first kappa shape index (κ1) is 38.9. The number of fused-ring (bicyclic) bond motifs is 3. The molecule has 3 heterocycles. The van der Waals surface area contributed by atoms with E-state index in [0.29, 0.717) is 23.0 Å². The molecule has 0 saturated heterocycles. The fourth-order valence-corrected chi connectivity index (χ4v) is 5.97. The molecular weight excluding hydrogens is 1040 g/mol.